The number of carbonyl (C=O) groups is 1. The van der Waals surface area contributed by atoms with Crippen molar-refractivity contribution in [1.82, 2.24) is 19.6 Å². The van der Waals surface area contributed by atoms with Gasteiger partial charge in [-0.2, -0.15) is 13.4 Å². The molecule has 25 heavy (non-hydrogen) atoms. The Morgan fingerprint density at radius 1 is 1.24 bits per heavy atom. The molecule has 1 N–H and O–H groups in total. The fraction of sp³-hybridized carbons (Fsp3) is 0.200. The number of carboxylic acid groups (broad SMARTS) is 1. The monoisotopic (exact) mass is 361 g/mol. The summed E-state index contributed by atoms with van der Waals surface area (Å²) in [6.45, 7) is 3.38. The average molecular weight is 361 g/mol. The van der Waals surface area contributed by atoms with E-state index < -0.39 is 21.1 Å². The van der Waals surface area contributed by atoms with E-state index in [0.29, 0.717) is 11.3 Å². The van der Waals surface area contributed by atoms with E-state index in [1.165, 1.54) is 23.8 Å². The van der Waals surface area contributed by atoms with Gasteiger partial charge in [-0.05, 0) is 31.5 Å². The summed E-state index contributed by atoms with van der Waals surface area (Å²) in [5, 5.41) is 12.9. The molecule has 2 heterocycles. The molecular formula is C15H15N5O4S. The van der Waals surface area contributed by atoms with E-state index in [0.717, 1.165) is 4.31 Å². The molecule has 0 amide bonds. The van der Waals surface area contributed by atoms with E-state index >= 15 is 0 Å². The highest BCUT2D eigenvalue weighted by atomic mass is 32.2. The lowest BCUT2D eigenvalue weighted by atomic mass is 10.1. The van der Waals surface area contributed by atoms with Crippen LogP contribution in [0.2, 0.25) is 0 Å². The van der Waals surface area contributed by atoms with Crippen molar-refractivity contribution in [2.24, 2.45) is 0 Å². The van der Waals surface area contributed by atoms with Crippen molar-refractivity contribution >= 4 is 27.5 Å². The summed E-state index contributed by atoms with van der Waals surface area (Å²) in [4.78, 5) is 19.4. The van der Waals surface area contributed by atoms with E-state index in [1.54, 1.807) is 32.0 Å². The van der Waals surface area contributed by atoms with Crippen molar-refractivity contribution in [3.05, 3.63) is 47.3 Å². The van der Waals surface area contributed by atoms with Crippen LogP contribution in [0.25, 0.3) is 5.78 Å². The smallest absolute Gasteiger partial charge is 0.337 e. The maximum Gasteiger partial charge on any atom is 0.337 e. The number of aromatic nitrogens is 4. The fourth-order valence-corrected chi connectivity index (χ4v) is 3.60. The van der Waals surface area contributed by atoms with Crippen LogP contribution in [-0.2, 0) is 10.0 Å². The molecule has 0 atom stereocenters. The van der Waals surface area contributed by atoms with Crippen molar-refractivity contribution in [2.45, 2.75) is 19.0 Å². The number of carboxylic acids is 1. The number of sulfonamides is 1. The second-order valence-electron chi connectivity index (χ2n) is 5.44. The Balaban J connectivity index is 2.17. The minimum Gasteiger partial charge on any atom is -0.478 e. The Morgan fingerprint density at radius 2 is 1.96 bits per heavy atom. The van der Waals surface area contributed by atoms with E-state index in [2.05, 4.69) is 15.1 Å². The zero-order valence-corrected chi connectivity index (χ0v) is 14.5. The molecule has 0 aliphatic carbocycles. The number of nitrogens with zero attached hydrogens (tertiary/aromatic N) is 5. The normalized spacial score (nSPS) is 11.6. The topological polar surface area (TPSA) is 118 Å². The number of aromatic carboxylic acids is 1. The van der Waals surface area contributed by atoms with Crippen LogP contribution in [0.1, 0.15) is 21.6 Å². The van der Waals surface area contributed by atoms with Gasteiger partial charge in [0.25, 0.3) is 10.9 Å². The summed E-state index contributed by atoms with van der Waals surface area (Å²) in [6, 6.07) is 6.21. The van der Waals surface area contributed by atoms with Crippen LogP contribution in [0.15, 0.2) is 35.6 Å². The van der Waals surface area contributed by atoms with Crippen molar-refractivity contribution in [3.8, 4) is 0 Å². The number of benzene rings is 1. The van der Waals surface area contributed by atoms with Gasteiger partial charge in [0.2, 0.25) is 0 Å². The number of anilines is 1. The molecule has 3 aromatic rings. The van der Waals surface area contributed by atoms with Gasteiger partial charge < -0.3 is 5.11 Å². The second-order valence-corrected chi connectivity index (χ2v) is 7.30. The summed E-state index contributed by atoms with van der Waals surface area (Å²) in [5.41, 5.74) is 1.12. The first-order chi connectivity index (χ1) is 11.7. The van der Waals surface area contributed by atoms with E-state index in [4.69, 9.17) is 0 Å². The van der Waals surface area contributed by atoms with Gasteiger partial charge in [0.15, 0.2) is 0 Å². The van der Waals surface area contributed by atoms with E-state index in [9.17, 15) is 18.3 Å². The van der Waals surface area contributed by atoms with Gasteiger partial charge in [0.1, 0.15) is 0 Å². The predicted molar refractivity (Wildman–Crippen MR) is 89.2 cm³/mol. The van der Waals surface area contributed by atoms with Crippen molar-refractivity contribution in [2.75, 3.05) is 11.4 Å². The van der Waals surface area contributed by atoms with Gasteiger partial charge in [0.05, 0.1) is 11.3 Å². The summed E-state index contributed by atoms with van der Waals surface area (Å²) in [7, 11) is -2.89. The Labute approximate surface area is 143 Å². The van der Waals surface area contributed by atoms with Crippen LogP contribution >= 0.6 is 0 Å². The first-order valence-corrected chi connectivity index (χ1v) is 8.67. The molecule has 0 bridgehead atoms. The zero-order valence-electron chi connectivity index (χ0n) is 13.7. The lowest BCUT2D eigenvalue weighted by Gasteiger charge is -2.21. The molecule has 10 heteroatoms. The van der Waals surface area contributed by atoms with Crippen LogP contribution in [-0.4, -0.2) is 46.1 Å². The van der Waals surface area contributed by atoms with Crippen molar-refractivity contribution in [3.63, 3.8) is 0 Å². The first-order valence-electron chi connectivity index (χ1n) is 7.23. The van der Waals surface area contributed by atoms with Crippen LogP contribution < -0.4 is 4.31 Å². The standard InChI is InChI=1S/C15H15N5O4S/c1-9-5-4-6-11(13(21)22)12(9)19(3)25(23,24)15-17-14-16-8-7-10(2)20(14)18-15/h4-8H,1-3H3,(H,21,22). The number of fused-ring (bicyclic) bond motifs is 1. The van der Waals surface area contributed by atoms with Gasteiger partial charge in [-0.3, -0.25) is 4.31 Å². The SMILES string of the molecule is Cc1cccc(C(=O)O)c1N(C)S(=O)(=O)c1nc2nccc(C)n2n1. The first kappa shape index (κ1) is 16.8. The lowest BCUT2D eigenvalue weighted by Crippen LogP contribution is -2.30. The molecule has 0 fully saturated rings. The number of aryl methyl sites for hydroxylation is 2. The molecule has 0 unspecified atom stereocenters. The molecule has 3 rings (SSSR count). The quantitative estimate of drug-likeness (QED) is 0.743. The third-order valence-electron chi connectivity index (χ3n) is 3.78. The van der Waals surface area contributed by atoms with Gasteiger partial charge >= 0.3 is 16.0 Å². The number of hydrogen-bond acceptors (Lipinski definition) is 6. The Kier molecular flexibility index (Phi) is 3.91. The van der Waals surface area contributed by atoms with Gasteiger partial charge in [0, 0.05) is 18.9 Å². The molecule has 0 saturated heterocycles. The third kappa shape index (κ3) is 2.70. The minimum absolute atomic E-state index is 0.0681. The summed E-state index contributed by atoms with van der Waals surface area (Å²) < 4.78 is 28.0. The molecular weight excluding hydrogens is 346 g/mol. The molecule has 0 spiro atoms. The molecule has 2 aromatic heterocycles. The predicted octanol–water partition coefficient (Wildman–Crippen LogP) is 1.26. The highest BCUT2D eigenvalue weighted by Crippen LogP contribution is 2.28. The van der Waals surface area contributed by atoms with E-state index in [1.807, 2.05) is 0 Å². The molecule has 9 nitrogen and oxygen atoms in total. The largest absolute Gasteiger partial charge is 0.478 e. The minimum atomic E-state index is -4.16. The Bertz CT molecular complexity index is 1090. The molecule has 130 valence electrons. The van der Waals surface area contributed by atoms with Crippen LogP contribution in [0.5, 0.6) is 0 Å². The summed E-state index contributed by atoms with van der Waals surface area (Å²) in [6.07, 6.45) is 1.50. The summed E-state index contributed by atoms with van der Waals surface area (Å²) in [5.74, 6) is -1.07. The molecule has 0 aliphatic rings. The third-order valence-corrected chi connectivity index (χ3v) is 5.32. The number of para-hydroxylation sites is 1. The van der Waals surface area contributed by atoms with Crippen molar-refractivity contribution in [1.29, 1.82) is 0 Å². The number of hydrogen-bond donors (Lipinski definition) is 1. The van der Waals surface area contributed by atoms with Crippen molar-refractivity contribution < 1.29 is 18.3 Å². The van der Waals surface area contributed by atoms with Gasteiger partial charge in [-0.15, -0.1) is 5.10 Å². The van der Waals surface area contributed by atoms with Crippen LogP contribution in [0, 0.1) is 13.8 Å². The average Bonchev–Trinajstić information content (AvgIpc) is 3.00. The summed E-state index contributed by atoms with van der Waals surface area (Å²) >= 11 is 0. The molecule has 0 aliphatic heterocycles. The van der Waals surface area contributed by atoms with Crippen LogP contribution in [0.3, 0.4) is 0 Å². The lowest BCUT2D eigenvalue weighted by molar-refractivity contribution is 0.0697. The molecule has 1 aromatic carbocycles. The highest BCUT2D eigenvalue weighted by Gasteiger charge is 2.30. The van der Waals surface area contributed by atoms with Crippen LogP contribution in [0.4, 0.5) is 5.69 Å². The second kappa shape index (κ2) is 5.81. The molecule has 0 saturated carbocycles. The zero-order chi connectivity index (χ0) is 18.4. The Hall–Kier alpha value is -3.01. The fourth-order valence-electron chi connectivity index (χ4n) is 2.49. The highest BCUT2D eigenvalue weighted by molar-refractivity contribution is 7.92. The maximum absolute atomic E-state index is 12.9. The van der Waals surface area contributed by atoms with Gasteiger partial charge in [-0.1, -0.05) is 12.1 Å². The Morgan fingerprint density at radius 3 is 2.60 bits per heavy atom. The van der Waals surface area contributed by atoms with E-state index in [-0.39, 0.29) is 17.0 Å². The number of rotatable bonds is 4. The van der Waals surface area contributed by atoms with Gasteiger partial charge in [-0.25, -0.2) is 14.3 Å². The molecule has 0 radical (unpaired) electrons. The maximum atomic E-state index is 12.9.